The van der Waals surface area contributed by atoms with Crippen LogP contribution in [0.15, 0.2) is 188 Å². The number of hydrogen-bond acceptors (Lipinski definition) is 1. The van der Waals surface area contributed by atoms with Gasteiger partial charge in [-0.05, 0) is 129 Å². The molecule has 0 bridgehead atoms. The number of nitrogens with two attached hydrogens (primary N) is 1. The highest BCUT2D eigenvalue weighted by Crippen LogP contribution is 2.34. The summed E-state index contributed by atoms with van der Waals surface area (Å²) in [4.78, 5) is 0. The molecular formula is C47H39N. The summed E-state index contributed by atoms with van der Waals surface area (Å²) in [6.07, 6.45) is 14.2. The average Bonchev–Trinajstić information content (AvgIpc) is 3.18. The van der Waals surface area contributed by atoms with Crippen LogP contribution in [0.25, 0.3) is 50.2 Å². The van der Waals surface area contributed by atoms with Crippen LogP contribution in [0, 0.1) is 0 Å². The lowest BCUT2D eigenvalue weighted by Crippen LogP contribution is -2.00. The Labute approximate surface area is 284 Å². The van der Waals surface area contributed by atoms with Gasteiger partial charge in [-0.1, -0.05) is 146 Å². The van der Waals surface area contributed by atoms with Crippen molar-refractivity contribution in [2.75, 3.05) is 0 Å². The molecule has 0 aromatic heterocycles. The molecule has 0 fully saturated rings. The maximum Gasteiger partial charge on any atom is 0.0394 e. The third-order valence-corrected chi connectivity index (χ3v) is 8.89. The van der Waals surface area contributed by atoms with E-state index in [1.165, 1.54) is 44.5 Å². The predicted octanol–water partition coefficient (Wildman–Crippen LogP) is 12.0. The summed E-state index contributed by atoms with van der Waals surface area (Å²) in [7, 11) is 0. The zero-order valence-corrected chi connectivity index (χ0v) is 27.1. The van der Waals surface area contributed by atoms with Crippen LogP contribution in [0.2, 0.25) is 0 Å². The third-order valence-electron chi connectivity index (χ3n) is 8.89. The molecule has 0 atom stereocenters. The molecule has 2 N–H and O–H groups in total. The van der Waals surface area contributed by atoms with Gasteiger partial charge in [-0.25, -0.2) is 0 Å². The second kappa shape index (κ2) is 14.7. The van der Waals surface area contributed by atoms with E-state index in [4.69, 9.17) is 5.73 Å². The Morgan fingerprint density at radius 3 is 1.50 bits per heavy atom. The van der Waals surface area contributed by atoms with E-state index < -0.39 is 0 Å². The van der Waals surface area contributed by atoms with E-state index >= 15 is 0 Å². The van der Waals surface area contributed by atoms with Gasteiger partial charge < -0.3 is 5.73 Å². The molecule has 6 aromatic carbocycles. The molecule has 0 spiro atoms. The number of benzene rings is 6. The van der Waals surface area contributed by atoms with Crippen molar-refractivity contribution in [2.24, 2.45) is 5.73 Å². The first-order valence-corrected chi connectivity index (χ1v) is 16.8. The van der Waals surface area contributed by atoms with Crippen molar-refractivity contribution >= 4 is 16.8 Å². The molecule has 1 heteroatoms. The minimum Gasteiger partial charge on any atom is -0.398 e. The van der Waals surface area contributed by atoms with Crippen LogP contribution in [0.1, 0.15) is 35.1 Å². The quantitative estimate of drug-likeness (QED) is 0.161. The Morgan fingerprint density at radius 1 is 0.500 bits per heavy atom. The van der Waals surface area contributed by atoms with Gasteiger partial charge in [0.25, 0.3) is 0 Å². The van der Waals surface area contributed by atoms with Gasteiger partial charge in [0, 0.05) is 5.70 Å². The molecule has 0 saturated heterocycles. The zero-order valence-electron chi connectivity index (χ0n) is 27.1. The van der Waals surface area contributed by atoms with Crippen molar-refractivity contribution in [3.8, 4) is 33.4 Å². The lowest BCUT2D eigenvalue weighted by molar-refractivity contribution is 1.04. The Morgan fingerprint density at radius 2 is 0.979 bits per heavy atom. The molecule has 0 radical (unpaired) electrons. The van der Waals surface area contributed by atoms with E-state index in [0.717, 1.165) is 47.2 Å². The number of allylic oxidation sites excluding steroid dienone is 7. The second-order valence-electron chi connectivity index (χ2n) is 12.3. The lowest BCUT2D eigenvalue weighted by Gasteiger charge is -2.15. The fraction of sp³-hybridized carbons (Fsp3) is 0.0638. The minimum atomic E-state index is 0.736. The molecule has 48 heavy (non-hydrogen) atoms. The summed E-state index contributed by atoms with van der Waals surface area (Å²) in [5.74, 6) is 0. The smallest absolute Gasteiger partial charge is 0.0394 e. The van der Waals surface area contributed by atoms with Crippen LogP contribution < -0.4 is 5.73 Å². The summed E-state index contributed by atoms with van der Waals surface area (Å²) in [5.41, 5.74) is 21.8. The largest absolute Gasteiger partial charge is 0.398 e. The molecule has 7 rings (SSSR count). The van der Waals surface area contributed by atoms with Crippen molar-refractivity contribution in [1.29, 1.82) is 0 Å². The van der Waals surface area contributed by atoms with Crippen molar-refractivity contribution < 1.29 is 0 Å². The highest BCUT2D eigenvalue weighted by Gasteiger charge is 2.12. The monoisotopic (exact) mass is 617 g/mol. The highest BCUT2D eigenvalue weighted by molar-refractivity contribution is 5.89. The van der Waals surface area contributed by atoms with Gasteiger partial charge in [-0.2, -0.15) is 0 Å². The molecule has 6 aromatic rings. The first-order valence-electron chi connectivity index (χ1n) is 16.8. The Kier molecular flexibility index (Phi) is 9.39. The third kappa shape index (κ3) is 7.38. The van der Waals surface area contributed by atoms with Gasteiger partial charge in [0.15, 0.2) is 0 Å². The summed E-state index contributed by atoms with van der Waals surface area (Å²) in [6.45, 7) is 0. The van der Waals surface area contributed by atoms with Gasteiger partial charge >= 0.3 is 0 Å². The van der Waals surface area contributed by atoms with E-state index in [9.17, 15) is 0 Å². The zero-order chi connectivity index (χ0) is 32.5. The van der Waals surface area contributed by atoms with Crippen molar-refractivity contribution in [2.45, 2.75) is 19.3 Å². The average molecular weight is 618 g/mol. The first kappa shape index (κ1) is 30.7. The highest BCUT2D eigenvalue weighted by atomic mass is 14.6. The molecule has 1 aliphatic carbocycles. The van der Waals surface area contributed by atoms with Crippen molar-refractivity contribution in [3.63, 3.8) is 0 Å². The van der Waals surface area contributed by atoms with Crippen molar-refractivity contribution in [3.05, 3.63) is 210 Å². The standard InChI is InChI=1S/C47H39N/c48-47(46-32-43(38-22-12-4-13-23-38)29-44(33-46)39-24-14-5-15-25-39)34-40(27-26-35-16-6-1-7-17-35)45-30-41(36-18-8-2-9-19-36)28-42(31-45)37-20-10-3-11-21-37/h1-4,6-14,16-25,27-34H,5,15,26,48H2/b40-27+,47-34-. The molecule has 0 unspecified atom stereocenters. The number of hydrogen-bond donors (Lipinski definition) is 1. The van der Waals surface area contributed by atoms with Gasteiger partial charge in [-0.3, -0.25) is 0 Å². The molecule has 0 heterocycles. The van der Waals surface area contributed by atoms with E-state index in [-0.39, 0.29) is 0 Å². The van der Waals surface area contributed by atoms with E-state index in [1.54, 1.807) is 0 Å². The molecular weight excluding hydrogens is 579 g/mol. The van der Waals surface area contributed by atoms with Gasteiger partial charge in [0.2, 0.25) is 0 Å². The molecule has 0 amide bonds. The SMILES string of the molecule is N/C(=C\C(=C/Cc1ccccc1)c1cc(-c2ccccc2)cc(-c2ccccc2)c1)c1cc(C2=CCCC=C2)cc(-c2ccccc2)c1. The Bertz CT molecular complexity index is 2060. The van der Waals surface area contributed by atoms with Crippen LogP contribution in [0.3, 0.4) is 0 Å². The van der Waals surface area contributed by atoms with Gasteiger partial charge in [-0.15, -0.1) is 0 Å². The first-order chi connectivity index (χ1) is 23.7. The normalized spacial score (nSPS) is 13.3. The Balaban J connectivity index is 1.38. The summed E-state index contributed by atoms with van der Waals surface area (Å²) in [6, 6.07) is 56.1. The van der Waals surface area contributed by atoms with E-state index in [1.807, 2.05) is 0 Å². The van der Waals surface area contributed by atoms with Crippen LogP contribution in [0.5, 0.6) is 0 Å². The predicted molar refractivity (Wildman–Crippen MR) is 206 cm³/mol. The fourth-order valence-electron chi connectivity index (χ4n) is 6.33. The maximum absolute atomic E-state index is 7.13. The lowest BCUT2D eigenvalue weighted by atomic mass is 9.90. The summed E-state index contributed by atoms with van der Waals surface area (Å²) < 4.78 is 0. The van der Waals surface area contributed by atoms with Crippen LogP contribution in [0.4, 0.5) is 0 Å². The van der Waals surface area contributed by atoms with E-state index in [0.29, 0.717) is 0 Å². The maximum atomic E-state index is 7.13. The molecule has 232 valence electrons. The fourth-order valence-corrected chi connectivity index (χ4v) is 6.33. The molecule has 1 nitrogen and oxygen atoms in total. The van der Waals surface area contributed by atoms with E-state index in [2.05, 4.69) is 188 Å². The molecule has 1 aliphatic rings. The Hall–Kier alpha value is -5.92. The summed E-state index contributed by atoms with van der Waals surface area (Å²) in [5, 5.41) is 0. The number of rotatable bonds is 9. The second-order valence-corrected chi connectivity index (χ2v) is 12.3. The molecule has 0 aliphatic heterocycles. The van der Waals surface area contributed by atoms with Crippen LogP contribution in [-0.2, 0) is 6.42 Å². The van der Waals surface area contributed by atoms with Gasteiger partial charge in [0.05, 0.1) is 0 Å². The van der Waals surface area contributed by atoms with Crippen molar-refractivity contribution in [1.82, 2.24) is 0 Å². The minimum absolute atomic E-state index is 0.736. The van der Waals surface area contributed by atoms with Crippen LogP contribution >= 0.6 is 0 Å². The van der Waals surface area contributed by atoms with Crippen LogP contribution in [-0.4, -0.2) is 0 Å². The molecule has 0 saturated carbocycles. The van der Waals surface area contributed by atoms with Gasteiger partial charge in [0.1, 0.15) is 0 Å². The summed E-state index contributed by atoms with van der Waals surface area (Å²) >= 11 is 0. The topological polar surface area (TPSA) is 26.0 Å².